The van der Waals surface area contributed by atoms with E-state index in [1.54, 1.807) is 0 Å². The zero-order valence-electron chi connectivity index (χ0n) is 8.27. The number of rotatable bonds is 2. The third-order valence-electron chi connectivity index (χ3n) is 1.88. The van der Waals surface area contributed by atoms with Gasteiger partial charge in [0.2, 0.25) is 0 Å². The molecule has 56 valence electrons. The fraction of sp³-hybridized carbons (Fsp3) is 0.200. The fourth-order valence-corrected chi connectivity index (χ4v) is 4.59. The normalized spacial score (nSPS) is 21.8. The molecule has 0 aromatic rings. The van der Waals surface area contributed by atoms with Crippen molar-refractivity contribution in [2.24, 2.45) is 0 Å². The predicted molar refractivity (Wildman–Crippen MR) is 46.3 cm³/mol. The van der Waals surface area contributed by atoms with Crippen LogP contribution in [0.25, 0.3) is 0 Å². The Hall–Kier alpha value is -0.157. The average Bonchev–Trinajstić information content (AvgIpc) is 2.60. The molecule has 0 fully saturated rings. The van der Waals surface area contributed by atoms with E-state index in [1.165, 1.54) is 0 Å². The van der Waals surface area contributed by atoms with Crippen LogP contribution in [-0.4, -0.2) is 0 Å². The molecule has 11 heavy (non-hydrogen) atoms. The molecule has 0 aromatic carbocycles. The Morgan fingerprint density at radius 3 is 1.45 bits per heavy atom. The van der Waals surface area contributed by atoms with E-state index in [4.69, 9.17) is 0 Å². The van der Waals surface area contributed by atoms with Gasteiger partial charge in [-0.1, -0.05) is 0 Å². The minimum absolute atomic E-state index is 0. The van der Waals surface area contributed by atoms with E-state index < -0.39 is 0 Å². The Kier molecular flexibility index (Phi) is 2.38. The van der Waals surface area contributed by atoms with Crippen molar-refractivity contribution in [1.29, 1.82) is 0 Å². The van der Waals surface area contributed by atoms with Gasteiger partial charge in [-0.25, -0.2) is 0 Å². The molecule has 0 spiro atoms. The summed E-state index contributed by atoms with van der Waals surface area (Å²) in [7, 11) is 0. The number of hydrogen-bond donors (Lipinski definition) is 0. The summed E-state index contributed by atoms with van der Waals surface area (Å²) in [5.74, 6) is 0. The maximum Gasteiger partial charge on any atom is -1.00 e. The Morgan fingerprint density at radius 2 is 1.09 bits per heavy atom. The van der Waals surface area contributed by atoms with Gasteiger partial charge in [0.05, 0.1) is 0 Å². The molecular formula is C10H12Zr. The molecule has 0 saturated heterocycles. The van der Waals surface area contributed by atoms with Crippen molar-refractivity contribution < 1.29 is 26.1 Å². The molecule has 0 heterocycles. The van der Waals surface area contributed by atoms with Gasteiger partial charge in [0, 0.05) is 0 Å². The maximum absolute atomic E-state index is 2.34. The summed E-state index contributed by atoms with van der Waals surface area (Å²) < 4.78 is 1.69. The topological polar surface area (TPSA) is 0 Å². The van der Waals surface area contributed by atoms with E-state index >= 15 is 0 Å². The molecule has 0 aromatic heterocycles. The van der Waals surface area contributed by atoms with Crippen LogP contribution in [0.5, 0.6) is 0 Å². The van der Waals surface area contributed by atoms with E-state index in [2.05, 4.69) is 48.6 Å². The molecule has 2 aliphatic carbocycles. The minimum atomic E-state index is -0.256. The predicted octanol–water partition coefficient (Wildman–Crippen LogP) is 3.12. The van der Waals surface area contributed by atoms with Crippen LogP contribution in [0.15, 0.2) is 48.6 Å². The van der Waals surface area contributed by atoms with E-state index in [-0.39, 0.29) is 26.1 Å². The van der Waals surface area contributed by atoms with Gasteiger partial charge in [-0.2, -0.15) is 0 Å². The van der Waals surface area contributed by atoms with Crippen molar-refractivity contribution in [3.63, 3.8) is 0 Å². The van der Waals surface area contributed by atoms with Gasteiger partial charge in [0.15, 0.2) is 0 Å². The van der Waals surface area contributed by atoms with Crippen LogP contribution in [0.3, 0.4) is 0 Å². The summed E-state index contributed by atoms with van der Waals surface area (Å²) in [5, 5.41) is 0. The summed E-state index contributed by atoms with van der Waals surface area (Å²) in [6, 6.07) is 0. The number of hydrogen-bond acceptors (Lipinski definition) is 0. The zero-order chi connectivity index (χ0) is 7.52. The molecule has 0 unspecified atom stereocenters. The van der Waals surface area contributed by atoms with Crippen LogP contribution >= 0.6 is 0 Å². The second-order valence-electron chi connectivity index (χ2n) is 2.76. The summed E-state index contributed by atoms with van der Waals surface area (Å²) in [5.41, 5.74) is 0. The molecule has 2 rings (SSSR count). The Labute approximate surface area is 81.9 Å². The SMILES string of the molecule is C1=C[CH]([Zr+2][CH]2C=CC=C2)C=C1.[H-].[H-]. The molecule has 1 heteroatoms. The second kappa shape index (κ2) is 3.49. The van der Waals surface area contributed by atoms with Gasteiger partial charge in [0.1, 0.15) is 0 Å². The van der Waals surface area contributed by atoms with Gasteiger partial charge in [-0.15, -0.1) is 0 Å². The van der Waals surface area contributed by atoms with E-state index in [0.29, 0.717) is 0 Å². The fourth-order valence-electron chi connectivity index (χ4n) is 1.31. The van der Waals surface area contributed by atoms with Gasteiger partial charge in [0.25, 0.3) is 0 Å². The monoisotopic (exact) mass is 222 g/mol. The summed E-state index contributed by atoms with van der Waals surface area (Å²) in [6.45, 7) is 0. The van der Waals surface area contributed by atoms with Crippen molar-refractivity contribution in [1.82, 2.24) is 0 Å². The Bertz CT molecular complexity index is 204. The van der Waals surface area contributed by atoms with Gasteiger partial charge >= 0.3 is 79.1 Å². The summed E-state index contributed by atoms with van der Waals surface area (Å²) in [4.78, 5) is 0. The van der Waals surface area contributed by atoms with Crippen LogP contribution in [0.4, 0.5) is 0 Å². The molecule has 0 atom stereocenters. The van der Waals surface area contributed by atoms with Crippen molar-refractivity contribution >= 4 is 0 Å². The quantitative estimate of drug-likeness (QED) is 0.675. The van der Waals surface area contributed by atoms with Crippen molar-refractivity contribution in [2.75, 3.05) is 0 Å². The minimum Gasteiger partial charge on any atom is -1.00 e. The van der Waals surface area contributed by atoms with E-state index in [9.17, 15) is 0 Å². The second-order valence-corrected chi connectivity index (χ2v) is 6.85. The molecule has 0 nitrogen and oxygen atoms in total. The molecule has 0 radical (unpaired) electrons. The van der Waals surface area contributed by atoms with E-state index in [0.717, 1.165) is 7.25 Å². The van der Waals surface area contributed by atoms with Crippen LogP contribution in [0.1, 0.15) is 2.85 Å². The number of allylic oxidation sites excluding steroid dienone is 8. The molecule has 0 N–H and O–H groups in total. The Balaban J connectivity index is 0.000000720. The van der Waals surface area contributed by atoms with Crippen molar-refractivity contribution in [3.05, 3.63) is 48.6 Å². The third kappa shape index (κ3) is 1.90. The zero-order valence-corrected chi connectivity index (χ0v) is 8.73. The van der Waals surface area contributed by atoms with E-state index in [1.807, 2.05) is 0 Å². The maximum atomic E-state index is 2.34. The standard InChI is InChI=1S/2C5H5.Zr.2H/c2*1-2-4-5-3-1;;;/h2*1-5H;;;/q;;+2;2*-1. The molecule has 0 amide bonds. The smallest absolute Gasteiger partial charge is 1.00 e. The first-order chi connectivity index (χ1) is 5.45. The third-order valence-corrected chi connectivity index (χ3v) is 5.67. The van der Waals surface area contributed by atoms with Gasteiger partial charge < -0.3 is 2.85 Å². The van der Waals surface area contributed by atoms with Crippen LogP contribution in [0, 0.1) is 0 Å². The van der Waals surface area contributed by atoms with Crippen molar-refractivity contribution in [2.45, 2.75) is 7.25 Å². The summed E-state index contributed by atoms with van der Waals surface area (Å²) in [6.07, 6.45) is 18.1. The largest absolute Gasteiger partial charge is 1.00 e. The molecule has 0 saturated carbocycles. The first kappa shape index (κ1) is 7.49. The van der Waals surface area contributed by atoms with Crippen LogP contribution in [0.2, 0.25) is 7.25 Å². The first-order valence-corrected chi connectivity index (χ1v) is 6.75. The van der Waals surface area contributed by atoms with Crippen LogP contribution in [-0.2, 0) is 23.2 Å². The van der Waals surface area contributed by atoms with Crippen LogP contribution < -0.4 is 0 Å². The summed E-state index contributed by atoms with van der Waals surface area (Å²) >= 11 is -0.256. The van der Waals surface area contributed by atoms with Crippen molar-refractivity contribution in [3.8, 4) is 0 Å². The molecule has 0 aliphatic heterocycles. The molecule has 0 bridgehead atoms. The average molecular weight is 223 g/mol. The van der Waals surface area contributed by atoms with Gasteiger partial charge in [-0.3, -0.25) is 0 Å². The molecule has 2 aliphatic rings. The molecular weight excluding hydrogens is 211 g/mol. The van der Waals surface area contributed by atoms with Gasteiger partial charge in [-0.05, 0) is 0 Å². The Morgan fingerprint density at radius 1 is 0.727 bits per heavy atom. The first-order valence-electron chi connectivity index (χ1n) is 3.91.